The van der Waals surface area contributed by atoms with Crippen molar-refractivity contribution < 1.29 is 19.1 Å². The Morgan fingerprint density at radius 3 is 2.56 bits per heavy atom. The summed E-state index contributed by atoms with van der Waals surface area (Å²) in [6.07, 6.45) is 3.59. The van der Waals surface area contributed by atoms with E-state index in [0.29, 0.717) is 18.0 Å². The first-order chi connectivity index (χ1) is 12.9. The summed E-state index contributed by atoms with van der Waals surface area (Å²) < 4.78 is 4.65. The van der Waals surface area contributed by atoms with E-state index in [2.05, 4.69) is 23.9 Å². The van der Waals surface area contributed by atoms with E-state index >= 15 is 0 Å². The van der Waals surface area contributed by atoms with Gasteiger partial charge in [0.25, 0.3) is 5.91 Å². The minimum Gasteiger partial charge on any atom is -0.468 e. The summed E-state index contributed by atoms with van der Waals surface area (Å²) in [6, 6.07) is 7.38. The zero-order valence-electron chi connectivity index (χ0n) is 16.3. The number of carbonyl (C=O) groups excluding carboxylic acids is 3. The lowest BCUT2D eigenvalue weighted by Gasteiger charge is -2.50. The number of hydrogen-bond acceptors (Lipinski definition) is 4. The summed E-state index contributed by atoms with van der Waals surface area (Å²) in [4.78, 5) is 40.0. The minimum absolute atomic E-state index is 0.0122. The quantitative estimate of drug-likeness (QED) is 0.806. The molecule has 1 aromatic rings. The summed E-state index contributed by atoms with van der Waals surface area (Å²) in [5.41, 5.74) is 0.844. The van der Waals surface area contributed by atoms with Crippen LogP contribution < -0.4 is 5.32 Å². The molecule has 6 nitrogen and oxygen atoms in total. The molecule has 6 heteroatoms. The highest BCUT2D eigenvalue weighted by atomic mass is 16.5. The van der Waals surface area contributed by atoms with Crippen LogP contribution in [0.15, 0.2) is 24.3 Å². The van der Waals surface area contributed by atoms with Crippen LogP contribution in [0.25, 0.3) is 0 Å². The topological polar surface area (TPSA) is 75.7 Å². The van der Waals surface area contributed by atoms with Gasteiger partial charge in [0.1, 0.15) is 6.54 Å². The smallest absolute Gasteiger partial charge is 0.325 e. The van der Waals surface area contributed by atoms with Crippen molar-refractivity contribution in [2.45, 2.75) is 51.0 Å². The maximum absolute atomic E-state index is 13.3. The Kier molecular flexibility index (Phi) is 5.53. The Morgan fingerprint density at radius 2 is 1.93 bits per heavy atom. The maximum atomic E-state index is 13.3. The molecule has 1 unspecified atom stereocenters. The van der Waals surface area contributed by atoms with Crippen LogP contribution in [0, 0.1) is 5.92 Å². The summed E-state index contributed by atoms with van der Waals surface area (Å²) in [6.45, 7) is 4.63. The van der Waals surface area contributed by atoms with Crippen LogP contribution >= 0.6 is 0 Å². The number of hydrogen-bond donors (Lipinski definition) is 1. The van der Waals surface area contributed by atoms with Gasteiger partial charge < -0.3 is 15.0 Å². The van der Waals surface area contributed by atoms with Crippen molar-refractivity contribution >= 4 is 17.8 Å². The third kappa shape index (κ3) is 3.45. The standard InChI is InChI=1S/C21H28N2O4/c1-14(2)13-23-20(26)16-9-5-4-8-15(16)18(21(23)10-6-7-11-21)19(25)22-12-17(24)27-3/h4-5,8-9,14,18H,6-7,10-13H2,1-3H3,(H,22,25). The van der Waals surface area contributed by atoms with Crippen LogP contribution in [-0.2, 0) is 14.3 Å². The minimum atomic E-state index is -0.518. The van der Waals surface area contributed by atoms with Crippen molar-refractivity contribution in [3.63, 3.8) is 0 Å². The molecule has 1 atom stereocenters. The highest BCUT2D eigenvalue weighted by Gasteiger charge is 2.55. The van der Waals surface area contributed by atoms with Crippen LogP contribution in [0.4, 0.5) is 0 Å². The van der Waals surface area contributed by atoms with E-state index in [-0.39, 0.29) is 18.4 Å². The van der Waals surface area contributed by atoms with Crippen LogP contribution in [0.1, 0.15) is 61.4 Å². The zero-order valence-corrected chi connectivity index (χ0v) is 16.3. The number of methoxy groups -OCH3 is 1. The van der Waals surface area contributed by atoms with Crippen LogP contribution in [0.5, 0.6) is 0 Å². The van der Waals surface area contributed by atoms with Gasteiger partial charge in [0, 0.05) is 12.1 Å². The first-order valence-corrected chi connectivity index (χ1v) is 9.66. The fraction of sp³-hybridized carbons (Fsp3) is 0.571. The second kappa shape index (κ2) is 7.71. The molecular weight excluding hydrogens is 344 g/mol. The van der Waals surface area contributed by atoms with Gasteiger partial charge in [-0.2, -0.15) is 0 Å². The Balaban J connectivity index is 2.06. The fourth-order valence-corrected chi connectivity index (χ4v) is 4.63. The van der Waals surface area contributed by atoms with E-state index in [1.807, 2.05) is 23.1 Å². The summed E-state index contributed by atoms with van der Waals surface area (Å²) >= 11 is 0. The zero-order chi connectivity index (χ0) is 19.6. The first-order valence-electron chi connectivity index (χ1n) is 9.66. The predicted octanol–water partition coefficient (Wildman–Crippen LogP) is 2.48. The normalized spacial score (nSPS) is 20.7. The molecule has 0 radical (unpaired) electrons. The summed E-state index contributed by atoms with van der Waals surface area (Å²) in [7, 11) is 1.30. The molecule has 1 aliphatic heterocycles. The molecule has 1 fully saturated rings. The number of fused-ring (bicyclic) bond motifs is 1. The number of rotatable bonds is 5. The number of amides is 2. The van der Waals surface area contributed by atoms with Gasteiger partial charge in [-0.25, -0.2) is 0 Å². The highest BCUT2D eigenvalue weighted by Crippen LogP contribution is 2.50. The van der Waals surface area contributed by atoms with Crippen LogP contribution in [0.2, 0.25) is 0 Å². The third-order valence-electron chi connectivity index (χ3n) is 5.74. The lowest BCUT2D eigenvalue weighted by atomic mass is 9.70. The second-order valence-corrected chi connectivity index (χ2v) is 7.93. The lowest BCUT2D eigenvalue weighted by molar-refractivity contribution is -0.141. The molecule has 0 aromatic heterocycles. The van der Waals surface area contributed by atoms with Gasteiger partial charge in [0.15, 0.2) is 0 Å². The van der Waals surface area contributed by atoms with E-state index in [1.54, 1.807) is 6.07 Å². The summed E-state index contributed by atoms with van der Waals surface area (Å²) in [5, 5.41) is 2.73. The van der Waals surface area contributed by atoms with E-state index < -0.39 is 17.4 Å². The van der Waals surface area contributed by atoms with Crippen molar-refractivity contribution in [1.29, 1.82) is 0 Å². The predicted molar refractivity (Wildman–Crippen MR) is 101 cm³/mol. The Morgan fingerprint density at radius 1 is 1.26 bits per heavy atom. The molecule has 3 rings (SSSR count). The number of nitrogens with zero attached hydrogens (tertiary/aromatic N) is 1. The molecule has 2 aliphatic rings. The molecule has 0 bridgehead atoms. The molecule has 1 spiro atoms. The van der Waals surface area contributed by atoms with Crippen molar-refractivity contribution in [3.8, 4) is 0 Å². The average Bonchev–Trinajstić information content (AvgIpc) is 3.13. The molecule has 1 N–H and O–H groups in total. The SMILES string of the molecule is COC(=O)CNC(=O)C1c2ccccc2C(=O)N(CC(C)C)C12CCCC2. The fourth-order valence-electron chi connectivity index (χ4n) is 4.63. The molecule has 2 amide bonds. The van der Waals surface area contributed by atoms with Gasteiger partial charge in [-0.1, -0.05) is 44.9 Å². The van der Waals surface area contributed by atoms with Gasteiger partial charge in [0.05, 0.1) is 18.6 Å². The lowest BCUT2D eigenvalue weighted by Crippen LogP contribution is -2.61. The molecule has 27 heavy (non-hydrogen) atoms. The van der Waals surface area contributed by atoms with Gasteiger partial charge in [-0.15, -0.1) is 0 Å². The van der Waals surface area contributed by atoms with E-state index in [9.17, 15) is 14.4 Å². The third-order valence-corrected chi connectivity index (χ3v) is 5.74. The molecular formula is C21H28N2O4. The van der Waals surface area contributed by atoms with Crippen molar-refractivity contribution in [1.82, 2.24) is 10.2 Å². The van der Waals surface area contributed by atoms with Crippen molar-refractivity contribution in [3.05, 3.63) is 35.4 Å². The largest absolute Gasteiger partial charge is 0.468 e. The van der Waals surface area contributed by atoms with Gasteiger partial charge in [0.2, 0.25) is 5.91 Å². The second-order valence-electron chi connectivity index (χ2n) is 7.93. The Labute approximate surface area is 160 Å². The van der Waals surface area contributed by atoms with Crippen molar-refractivity contribution in [2.75, 3.05) is 20.2 Å². The van der Waals surface area contributed by atoms with Crippen LogP contribution in [0.3, 0.4) is 0 Å². The van der Waals surface area contributed by atoms with E-state index in [1.165, 1.54) is 7.11 Å². The number of carbonyl (C=O) groups is 3. The first kappa shape index (κ1) is 19.4. The maximum Gasteiger partial charge on any atom is 0.325 e. The molecule has 146 valence electrons. The molecule has 1 heterocycles. The average molecular weight is 372 g/mol. The molecule has 0 saturated heterocycles. The molecule has 1 aliphatic carbocycles. The number of esters is 1. The Hall–Kier alpha value is -2.37. The highest BCUT2D eigenvalue weighted by molar-refractivity contribution is 6.02. The van der Waals surface area contributed by atoms with Gasteiger partial charge in [-0.3, -0.25) is 14.4 Å². The summed E-state index contributed by atoms with van der Waals surface area (Å²) in [5.74, 6) is -0.856. The molecule has 1 saturated carbocycles. The molecule has 1 aromatic carbocycles. The van der Waals surface area contributed by atoms with Crippen molar-refractivity contribution in [2.24, 2.45) is 5.92 Å². The number of ether oxygens (including phenoxy) is 1. The van der Waals surface area contributed by atoms with Gasteiger partial charge >= 0.3 is 5.97 Å². The number of nitrogens with one attached hydrogen (secondary N) is 1. The van der Waals surface area contributed by atoms with Crippen LogP contribution in [-0.4, -0.2) is 48.4 Å². The number of benzene rings is 1. The van der Waals surface area contributed by atoms with Gasteiger partial charge in [-0.05, 0) is 30.4 Å². The Bertz CT molecular complexity index is 737. The van der Waals surface area contributed by atoms with E-state index in [4.69, 9.17) is 0 Å². The van der Waals surface area contributed by atoms with E-state index in [0.717, 1.165) is 31.2 Å². The monoisotopic (exact) mass is 372 g/mol.